The molecule has 0 radical (unpaired) electrons. The smallest absolute Gasteiger partial charge is 0.222 e. The maximum absolute atomic E-state index is 11.9. The fourth-order valence-electron chi connectivity index (χ4n) is 2.97. The third kappa shape index (κ3) is 4.18. The third-order valence-electron chi connectivity index (χ3n) is 4.79. The van der Waals surface area contributed by atoms with Crippen molar-refractivity contribution in [2.75, 3.05) is 12.8 Å². The first kappa shape index (κ1) is 17.9. The molecule has 4 heteroatoms. The van der Waals surface area contributed by atoms with Crippen LogP contribution in [0, 0.1) is 5.92 Å². The van der Waals surface area contributed by atoms with E-state index in [-0.39, 0.29) is 17.9 Å². The van der Waals surface area contributed by atoms with Crippen LogP contribution in [0.3, 0.4) is 0 Å². The zero-order valence-electron chi connectivity index (χ0n) is 15.0. The number of hydrogen-bond acceptors (Lipinski definition) is 3. The van der Waals surface area contributed by atoms with Crippen molar-refractivity contribution in [2.24, 2.45) is 5.92 Å². The van der Waals surface area contributed by atoms with Gasteiger partial charge in [0, 0.05) is 17.2 Å². The van der Waals surface area contributed by atoms with E-state index < -0.39 is 0 Å². The number of ether oxygens (including phenoxy) is 1. The van der Waals surface area contributed by atoms with Crippen molar-refractivity contribution in [2.45, 2.75) is 37.7 Å². The van der Waals surface area contributed by atoms with Crippen molar-refractivity contribution in [3.63, 3.8) is 0 Å². The minimum absolute atomic E-state index is 0.0251. The Bertz CT molecular complexity index is 742. The van der Waals surface area contributed by atoms with Gasteiger partial charge in [0.1, 0.15) is 11.9 Å². The van der Waals surface area contributed by atoms with Gasteiger partial charge in [-0.15, -0.1) is 11.8 Å². The summed E-state index contributed by atoms with van der Waals surface area (Å²) in [5.74, 6) is 1.10. The summed E-state index contributed by atoms with van der Waals surface area (Å²) < 4.78 is 5.98. The molecule has 0 aliphatic carbocycles. The highest BCUT2D eigenvalue weighted by Gasteiger charge is 2.24. The molecule has 0 spiro atoms. The second kappa shape index (κ2) is 7.96. The number of hydrogen-bond donors (Lipinski definition) is 1. The maximum Gasteiger partial charge on any atom is 0.222 e. The molecule has 1 amide bonds. The van der Waals surface area contributed by atoms with Gasteiger partial charge < -0.3 is 10.1 Å². The van der Waals surface area contributed by atoms with Crippen molar-refractivity contribution >= 4 is 17.7 Å². The number of carbonyl (C=O) groups is 1. The predicted molar refractivity (Wildman–Crippen MR) is 104 cm³/mol. The van der Waals surface area contributed by atoms with Crippen molar-refractivity contribution in [3.8, 4) is 16.9 Å². The van der Waals surface area contributed by atoms with Crippen molar-refractivity contribution in [1.29, 1.82) is 0 Å². The lowest BCUT2D eigenvalue weighted by Crippen LogP contribution is -2.37. The van der Waals surface area contributed by atoms with Crippen LogP contribution in [0.15, 0.2) is 47.4 Å². The predicted octanol–water partition coefficient (Wildman–Crippen LogP) is 4.54. The fraction of sp³-hybridized carbons (Fsp3) is 0.381. The SMILES string of the molecule is CCC(C)C(=O)NCC1Cc2cc(-c3ccc(SC)cc3)ccc2O1. The minimum atomic E-state index is 0.0251. The molecule has 0 bridgehead atoms. The molecule has 0 saturated heterocycles. The van der Waals surface area contributed by atoms with Gasteiger partial charge in [0.15, 0.2) is 0 Å². The van der Waals surface area contributed by atoms with Gasteiger partial charge in [-0.1, -0.05) is 32.0 Å². The van der Waals surface area contributed by atoms with Gasteiger partial charge in [0.2, 0.25) is 5.91 Å². The Hall–Kier alpha value is -1.94. The van der Waals surface area contributed by atoms with Gasteiger partial charge in [0.25, 0.3) is 0 Å². The van der Waals surface area contributed by atoms with Gasteiger partial charge in [-0.3, -0.25) is 4.79 Å². The zero-order chi connectivity index (χ0) is 17.8. The van der Waals surface area contributed by atoms with E-state index in [1.165, 1.54) is 21.6 Å². The Morgan fingerprint density at radius 3 is 2.64 bits per heavy atom. The number of amides is 1. The first-order chi connectivity index (χ1) is 12.1. The van der Waals surface area contributed by atoms with Crippen molar-refractivity contribution < 1.29 is 9.53 Å². The van der Waals surface area contributed by atoms with Gasteiger partial charge in [0.05, 0.1) is 6.54 Å². The number of thioether (sulfide) groups is 1. The summed E-state index contributed by atoms with van der Waals surface area (Å²) in [5.41, 5.74) is 3.64. The summed E-state index contributed by atoms with van der Waals surface area (Å²) >= 11 is 1.75. The number of benzene rings is 2. The normalized spacial score (nSPS) is 16.8. The van der Waals surface area contributed by atoms with Gasteiger partial charge in [-0.05, 0) is 53.6 Å². The molecule has 1 N–H and O–H groups in total. The molecule has 2 unspecified atom stereocenters. The van der Waals surface area contributed by atoms with E-state index in [0.29, 0.717) is 6.54 Å². The lowest BCUT2D eigenvalue weighted by molar-refractivity contribution is -0.124. The van der Waals surface area contributed by atoms with E-state index in [0.717, 1.165) is 18.6 Å². The van der Waals surface area contributed by atoms with Crippen LogP contribution >= 0.6 is 11.8 Å². The highest BCUT2D eigenvalue weighted by molar-refractivity contribution is 7.98. The number of fused-ring (bicyclic) bond motifs is 1. The summed E-state index contributed by atoms with van der Waals surface area (Å²) in [6.45, 7) is 4.54. The Labute approximate surface area is 154 Å². The van der Waals surface area contributed by atoms with E-state index in [1.807, 2.05) is 19.9 Å². The van der Waals surface area contributed by atoms with Crippen LogP contribution in [0.1, 0.15) is 25.8 Å². The Balaban J connectivity index is 1.65. The second-order valence-corrected chi connectivity index (χ2v) is 7.43. The molecule has 3 rings (SSSR count). The monoisotopic (exact) mass is 355 g/mol. The molecule has 1 aliphatic heterocycles. The molecule has 1 heterocycles. The summed E-state index contributed by atoms with van der Waals surface area (Å²) in [4.78, 5) is 13.2. The quantitative estimate of drug-likeness (QED) is 0.773. The number of carbonyl (C=O) groups excluding carboxylic acids is 1. The Kier molecular flexibility index (Phi) is 5.69. The third-order valence-corrected chi connectivity index (χ3v) is 5.53. The average Bonchev–Trinajstić information content (AvgIpc) is 3.07. The molecule has 1 aliphatic rings. The Morgan fingerprint density at radius 2 is 1.96 bits per heavy atom. The molecule has 3 nitrogen and oxygen atoms in total. The maximum atomic E-state index is 11.9. The standard InChI is InChI=1S/C21H25NO2S/c1-4-14(2)21(23)22-13-18-12-17-11-16(7-10-20(17)24-18)15-5-8-19(25-3)9-6-15/h5-11,14,18H,4,12-13H2,1-3H3,(H,22,23). The molecular formula is C21H25NO2S. The molecule has 0 aromatic heterocycles. The summed E-state index contributed by atoms with van der Waals surface area (Å²) in [6.07, 6.45) is 3.81. The highest BCUT2D eigenvalue weighted by atomic mass is 32.2. The first-order valence-corrected chi connectivity index (χ1v) is 10.0. The van der Waals surface area contributed by atoms with Crippen molar-refractivity contribution in [3.05, 3.63) is 48.0 Å². The van der Waals surface area contributed by atoms with Crippen LogP contribution in [0.5, 0.6) is 5.75 Å². The van der Waals surface area contributed by atoms with Crippen LogP contribution < -0.4 is 10.1 Å². The largest absolute Gasteiger partial charge is 0.488 e. The molecular weight excluding hydrogens is 330 g/mol. The number of rotatable bonds is 6. The molecule has 2 atom stereocenters. The van der Waals surface area contributed by atoms with Gasteiger partial charge in [-0.2, -0.15) is 0 Å². The average molecular weight is 356 g/mol. The zero-order valence-corrected chi connectivity index (χ0v) is 15.9. The van der Waals surface area contributed by atoms with E-state index in [2.05, 4.69) is 48.0 Å². The summed E-state index contributed by atoms with van der Waals surface area (Å²) in [5, 5.41) is 3.00. The topological polar surface area (TPSA) is 38.3 Å². The molecule has 0 fully saturated rings. The number of nitrogens with one attached hydrogen (secondary N) is 1. The molecule has 132 valence electrons. The van der Waals surface area contributed by atoms with Crippen LogP contribution in [-0.2, 0) is 11.2 Å². The van der Waals surface area contributed by atoms with E-state index in [1.54, 1.807) is 11.8 Å². The lowest BCUT2D eigenvalue weighted by Gasteiger charge is -2.14. The summed E-state index contributed by atoms with van der Waals surface area (Å²) in [6, 6.07) is 15.0. The molecule has 25 heavy (non-hydrogen) atoms. The molecule has 2 aromatic rings. The van der Waals surface area contributed by atoms with E-state index in [4.69, 9.17) is 4.74 Å². The second-order valence-electron chi connectivity index (χ2n) is 6.55. The van der Waals surface area contributed by atoms with Crippen molar-refractivity contribution in [1.82, 2.24) is 5.32 Å². The van der Waals surface area contributed by atoms with E-state index >= 15 is 0 Å². The van der Waals surface area contributed by atoms with E-state index in [9.17, 15) is 4.79 Å². The fourth-order valence-corrected chi connectivity index (χ4v) is 3.38. The summed E-state index contributed by atoms with van der Waals surface area (Å²) in [7, 11) is 0. The van der Waals surface area contributed by atoms with Gasteiger partial charge >= 0.3 is 0 Å². The minimum Gasteiger partial charge on any atom is -0.488 e. The molecule has 0 saturated carbocycles. The Morgan fingerprint density at radius 1 is 1.24 bits per heavy atom. The first-order valence-electron chi connectivity index (χ1n) is 8.82. The molecule has 2 aromatic carbocycles. The lowest BCUT2D eigenvalue weighted by atomic mass is 10.0. The highest BCUT2D eigenvalue weighted by Crippen LogP contribution is 2.33. The van der Waals surface area contributed by atoms with Crippen LogP contribution in [-0.4, -0.2) is 24.8 Å². The van der Waals surface area contributed by atoms with Crippen LogP contribution in [0.2, 0.25) is 0 Å². The van der Waals surface area contributed by atoms with Gasteiger partial charge in [-0.25, -0.2) is 0 Å². The van der Waals surface area contributed by atoms with Crippen LogP contribution in [0.25, 0.3) is 11.1 Å². The van der Waals surface area contributed by atoms with Crippen LogP contribution in [0.4, 0.5) is 0 Å².